The van der Waals surface area contributed by atoms with E-state index in [0.717, 1.165) is 45.6 Å². The predicted octanol–water partition coefficient (Wildman–Crippen LogP) is 3.91. The lowest BCUT2D eigenvalue weighted by molar-refractivity contribution is 0.0766. The van der Waals surface area contributed by atoms with E-state index in [2.05, 4.69) is 9.88 Å². The van der Waals surface area contributed by atoms with E-state index in [1.54, 1.807) is 17.4 Å². The first kappa shape index (κ1) is 19.3. The van der Waals surface area contributed by atoms with Crippen molar-refractivity contribution in [1.29, 1.82) is 0 Å². The average Bonchev–Trinajstić information content (AvgIpc) is 3.16. The largest absolute Gasteiger partial charge is 0.354 e. The number of thiophene rings is 1. The van der Waals surface area contributed by atoms with Gasteiger partial charge in [0.2, 0.25) is 0 Å². The van der Waals surface area contributed by atoms with Gasteiger partial charge in [-0.05, 0) is 18.6 Å². The van der Waals surface area contributed by atoms with Crippen molar-refractivity contribution in [2.75, 3.05) is 45.2 Å². The fourth-order valence-corrected chi connectivity index (χ4v) is 5.48. The molecule has 0 radical (unpaired) electrons. The molecule has 0 N–H and O–H groups in total. The number of fused-ring (bicyclic) bond motifs is 1. The Balaban J connectivity index is 1.41. The summed E-state index contributed by atoms with van der Waals surface area (Å²) in [6.45, 7) is 3.60. The van der Waals surface area contributed by atoms with E-state index < -0.39 is 0 Å². The van der Waals surface area contributed by atoms with Crippen LogP contribution in [0.3, 0.4) is 0 Å². The Morgan fingerprint density at radius 2 is 2.00 bits per heavy atom. The molecule has 1 amide bonds. The standard InChI is InChI=1S/C20H23FN4OS2/c1-23(2)20-22-18-16(28-20)12-17(27-18)19(26)25-9-5-8-24(10-11-25)13-14-6-3-4-7-15(14)21/h3-4,6-7,12H,5,8-11,13H2,1-2H3. The second-order valence-corrected chi connectivity index (χ2v) is 9.22. The van der Waals surface area contributed by atoms with Crippen LogP contribution in [0.15, 0.2) is 30.3 Å². The molecular formula is C20H23FN4OS2. The minimum Gasteiger partial charge on any atom is -0.354 e. The van der Waals surface area contributed by atoms with Gasteiger partial charge in [0.15, 0.2) is 5.13 Å². The molecule has 5 nitrogen and oxygen atoms in total. The molecule has 3 heterocycles. The number of thiazole rings is 1. The highest BCUT2D eigenvalue weighted by Crippen LogP contribution is 2.34. The average molecular weight is 419 g/mol. The Hall–Kier alpha value is -2.03. The molecule has 3 aromatic rings. The van der Waals surface area contributed by atoms with Crippen molar-refractivity contribution in [2.24, 2.45) is 0 Å². The maximum Gasteiger partial charge on any atom is 0.264 e. The number of carbonyl (C=O) groups is 1. The molecule has 1 fully saturated rings. The van der Waals surface area contributed by atoms with Crippen molar-refractivity contribution in [1.82, 2.24) is 14.8 Å². The highest BCUT2D eigenvalue weighted by Gasteiger charge is 2.23. The quantitative estimate of drug-likeness (QED) is 0.644. The van der Waals surface area contributed by atoms with Gasteiger partial charge in [0, 0.05) is 52.4 Å². The molecule has 0 aliphatic carbocycles. The molecule has 1 aliphatic rings. The van der Waals surface area contributed by atoms with Gasteiger partial charge in [-0.2, -0.15) is 0 Å². The van der Waals surface area contributed by atoms with Crippen LogP contribution in [0.25, 0.3) is 9.53 Å². The number of benzene rings is 1. The zero-order valence-electron chi connectivity index (χ0n) is 16.0. The summed E-state index contributed by atoms with van der Waals surface area (Å²) in [4.78, 5) is 25.4. The fourth-order valence-electron chi connectivity index (χ4n) is 3.38. The van der Waals surface area contributed by atoms with E-state index in [-0.39, 0.29) is 11.7 Å². The topological polar surface area (TPSA) is 39.7 Å². The van der Waals surface area contributed by atoms with Crippen LogP contribution in [0.1, 0.15) is 21.7 Å². The zero-order chi connectivity index (χ0) is 19.7. The van der Waals surface area contributed by atoms with E-state index in [9.17, 15) is 9.18 Å². The van der Waals surface area contributed by atoms with Crippen molar-refractivity contribution in [3.63, 3.8) is 0 Å². The van der Waals surface area contributed by atoms with E-state index in [1.807, 2.05) is 42.1 Å². The third-order valence-corrected chi connectivity index (χ3v) is 7.22. The first-order chi connectivity index (χ1) is 13.5. The van der Waals surface area contributed by atoms with Crippen LogP contribution in [0, 0.1) is 5.82 Å². The molecule has 0 bridgehead atoms. The minimum atomic E-state index is -0.164. The number of carbonyl (C=O) groups excluding carboxylic acids is 1. The van der Waals surface area contributed by atoms with Gasteiger partial charge in [-0.15, -0.1) is 11.3 Å². The molecule has 148 valence electrons. The first-order valence-corrected chi connectivity index (χ1v) is 11.0. The Bertz CT molecular complexity index is 952. The molecule has 0 atom stereocenters. The van der Waals surface area contributed by atoms with Crippen LogP contribution >= 0.6 is 22.7 Å². The summed E-state index contributed by atoms with van der Waals surface area (Å²) in [5.41, 5.74) is 0.712. The molecule has 4 rings (SSSR count). The number of hydrogen-bond donors (Lipinski definition) is 0. The lowest BCUT2D eigenvalue weighted by atomic mass is 10.2. The van der Waals surface area contributed by atoms with Crippen LogP contribution in [0.5, 0.6) is 0 Å². The highest BCUT2D eigenvalue weighted by atomic mass is 32.1. The molecule has 0 unspecified atom stereocenters. The van der Waals surface area contributed by atoms with Crippen molar-refractivity contribution in [2.45, 2.75) is 13.0 Å². The van der Waals surface area contributed by atoms with Crippen LogP contribution in [-0.4, -0.2) is 61.0 Å². The van der Waals surface area contributed by atoms with Crippen LogP contribution in [-0.2, 0) is 6.54 Å². The van der Waals surface area contributed by atoms with E-state index in [4.69, 9.17) is 0 Å². The number of nitrogens with zero attached hydrogens (tertiary/aromatic N) is 4. The number of hydrogen-bond acceptors (Lipinski definition) is 6. The SMILES string of the molecule is CN(C)c1nc2sc(C(=O)N3CCCN(Cc4ccccc4F)CC3)cc2s1. The molecule has 0 spiro atoms. The summed E-state index contributed by atoms with van der Waals surface area (Å²) in [6.07, 6.45) is 0.892. The molecule has 28 heavy (non-hydrogen) atoms. The second kappa shape index (κ2) is 8.14. The van der Waals surface area contributed by atoms with Gasteiger partial charge in [-0.1, -0.05) is 29.5 Å². The number of amides is 1. The van der Waals surface area contributed by atoms with Gasteiger partial charge in [0.1, 0.15) is 10.6 Å². The summed E-state index contributed by atoms with van der Waals surface area (Å²) < 4.78 is 15.0. The maximum absolute atomic E-state index is 13.9. The molecule has 1 aliphatic heterocycles. The summed E-state index contributed by atoms with van der Waals surface area (Å²) in [7, 11) is 3.94. The molecule has 0 saturated carbocycles. The Labute approximate surface area is 172 Å². The van der Waals surface area contributed by atoms with Crippen molar-refractivity contribution < 1.29 is 9.18 Å². The van der Waals surface area contributed by atoms with Gasteiger partial charge in [-0.3, -0.25) is 9.69 Å². The van der Waals surface area contributed by atoms with Gasteiger partial charge >= 0.3 is 0 Å². The Morgan fingerprint density at radius 3 is 2.75 bits per heavy atom. The monoisotopic (exact) mass is 418 g/mol. The maximum atomic E-state index is 13.9. The summed E-state index contributed by atoms with van der Waals surface area (Å²) in [5, 5.41) is 0.957. The fraction of sp³-hybridized carbons (Fsp3) is 0.400. The first-order valence-electron chi connectivity index (χ1n) is 9.34. The molecule has 1 aromatic carbocycles. The van der Waals surface area contributed by atoms with Gasteiger partial charge in [0.05, 0.1) is 9.58 Å². The van der Waals surface area contributed by atoms with Crippen LogP contribution < -0.4 is 4.90 Å². The van der Waals surface area contributed by atoms with Gasteiger partial charge < -0.3 is 9.80 Å². The van der Waals surface area contributed by atoms with Gasteiger partial charge in [0.25, 0.3) is 5.91 Å². The summed E-state index contributed by atoms with van der Waals surface area (Å²) >= 11 is 3.08. The lowest BCUT2D eigenvalue weighted by Crippen LogP contribution is -2.34. The number of aromatic nitrogens is 1. The molecule has 2 aromatic heterocycles. The van der Waals surface area contributed by atoms with E-state index >= 15 is 0 Å². The smallest absolute Gasteiger partial charge is 0.264 e. The minimum absolute atomic E-state index is 0.0781. The molecule has 8 heteroatoms. The van der Waals surface area contributed by atoms with Crippen LogP contribution in [0.4, 0.5) is 9.52 Å². The van der Waals surface area contributed by atoms with Crippen LogP contribution in [0.2, 0.25) is 0 Å². The lowest BCUT2D eigenvalue weighted by Gasteiger charge is -2.21. The van der Waals surface area contributed by atoms with Crippen molar-refractivity contribution in [3.05, 3.63) is 46.6 Å². The molecule has 1 saturated heterocycles. The summed E-state index contributed by atoms with van der Waals surface area (Å²) in [5.74, 6) is -0.0859. The normalized spacial score (nSPS) is 15.8. The third kappa shape index (κ3) is 4.04. The Kier molecular flexibility index (Phi) is 5.61. The third-order valence-electron chi connectivity index (χ3n) is 4.90. The summed E-state index contributed by atoms with van der Waals surface area (Å²) in [6, 6.07) is 8.88. The van der Waals surface area contributed by atoms with Crippen molar-refractivity contribution >= 4 is 43.2 Å². The van der Waals surface area contributed by atoms with Crippen molar-refractivity contribution in [3.8, 4) is 0 Å². The highest BCUT2D eigenvalue weighted by molar-refractivity contribution is 7.29. The number of anilines is 1. The predicted molar refractivity (Wildman–Crippen MR) is 114 cm³/mol. The number of halogens is 1. The van der Waals surface area contributed by atoms with Gasteiger partial charge in [-0.25, -0.2) is 9.37 Å². The van der Waals surface area contributed by atoms with E-state index in [0.29, 0.717) is 18.7 Å². The Morgan fingerprint density at radius 1 is 1.18 bits per heavy atom. The number of rotatable bonds is 4. The molecular weight excluding hydrogens is 395 g/mol. The zero-order valence-corrected chi connectivity index (χ0v) is 17.7. The van der Waals surface area contributed by atoms with E-state index in [1.165, 1.54) is 17.4 Å². The second-order valence-electron chi connectivity index (χ2n) is 7.18.